The van der Waals surface area contributed by atoms with Gasteiger partial charge in [0.25, 0.3) is 5.91 Å². The van der Waals surface area contributed by atoms with Crippen LogP contribution in [0.3, 0.4) is 0 Å². The van der Waals surface area contributed by atoms with Crippen LogP contribution in [-0.2, 0) is 0 Å². The molecule has 0 saturated heterocycles. The summed E-state index contributed by atoms with van der Waals surface area (Å²) in [6.45, 7) is 3.63. The highest BCUT2D eigenvalue weighted by Gasteiger charge is 2.15. The van der Waals surface area contributed by atoms with Crippen molar-refractivity contribution in [2.45, 2.75) is 13.3 Å². The summed E-state index contributed by atoms with van der Waals surface area (Å²) in [5.74, 6) is 0.0915. The first-order chi connectivity index (χ1) is 6.79. The minimum Gasteiger partial charge on any atom is -0.337 e. The molecule has 0 radical (unpaired) electrons. The summed E-state index contributed by atoms with van der Waals surface area (Å²) in [5, 5.41) is 0.817. The normalized spacial score (nSPS) is 10.1. The molecule has 0 unspecified atom stereocenters. The molecule has 1 aromatic rings. The fourth-order valence-corrected chi connectivity index (χ4v) is 2.18. The lowest BCUT2D eigenvalue weighted by Gasteiger charge is -2.19. The smallest absolute Gasteiger partial charge is 0.265 e. The lowest BCUT2D eigenvalue weighted by Crippen LogP contribution is -2.32. The standard InChI is InChI=1S/C9H13BrN2OS/c1-2-4-12(5-3-10)9(13)8-6-11-7-14-8/h6-7H,2-5H2,1H3. The summed E-state index contributed by atoms with van der Waals surface area (Å²) in [6, 6.07) is 0. The third-order valence-corrected chi connectivity index (χ3v) is 2.89. The molecule has 3 nitrogen and oxygen atoms in total. The Balaban J connectivity index is 2.63. The van der Waals surface area contributed by atoms with E-state index in [0.717, 1.165) is 29.7 Å². The molecule has 0 aliphatic rings. The Labute approximate surface area is 96.3 Å². The quantitative estimate of drug-likeness (QED) is 0.774. The second-order valence-electron chi connectivity index (χ2n) is 2.85. The molecular weight excluding hydrogens is 264 g/mol. The zero-order chi connectivity index (χ0) is 10.4. The van der Waals surface area contributed by atoms with Crippen molar-refractivity contribution < 1.29 is 4.79 Å². The van der Waals surface area contributed by atoms with Gasteiger partial charge in [-0.2, -0.15) is 0 Å². The minimum absolute atomic E-state index is 0.0915. The van der Waals surface area contributed by atoms with Crippen LogP contribution in [0.2, 0.25) is 0 Å². The van der Waals surface area contributed by atoms with Crippen molar-refractivity contribution in [2.24, 2.45) is 0 Å². The first kappa shape index (κ1) is 11.7. The molecule has 1 rings (SSSR count). The zero-order valence-electron chi connectivity index (χ0n) is 8.07. The highest BCUT2D eigenvalue weighted by atomic mass is 79.9. The monoisotopic (exact) mass is 276 g/mol. The molecule has 78 valence electrons. The first-order valence-electron chi connectivity index (χ1n) is 4.53. The number of carbonyl (C=O) groups excluding carboxylic acids is 1. The molecule has 5 heteroatoms. The second-order valence-corrected chi connectivity index (χ2v) is 4.53. The molecular formula is C9H13BrN2OS. The molecule has 0 bridgehead atoms. The number of amides is 1. The lowest BCUT2D eigenvalue weighted by atomic mass is 10.3. The van der Waals surface area contributed by atoms with Crippen LogP contribution < -0.4 is 0 Å². The SMILES string of the molecule is CCCN(CCBr)C(=O)c1cncs1. The van der Waals surface area contributed by atoms with E-state index < -0.39 is 0 Å². The highest BCUT2D eigenvalue weighted by Crippen LogP contribution is 2.10. The van der Waals surface area contributed by atoms with Gasteiger partial charge in [-0.25, -0.2) is 0 Å². The van der Waals surface area contributed by atoms with Crippen molar-refractivity contribution in [2.75, 3.05) is 18.4 Å². The van der Waals surface area contributed by atoms with Crippen LogP contribution in [0.1, 0.15) is 23.0 Å². The van der Waals surface area contributed by atoms with E-state index in [-0.39, 0.29) is 5.91 Å². The van der Waals surface area contributed by atoms with Gasteiger partial charge in [0.2, 0.25) is 0 Å². The van der Waals surface area contributed by atoms with Crippen LogP contribution in [0.15, 0.2) is 11.7 Å². The Bertz CT molecular complexity index is 270. The number of hydrogen-bond acceptors (Lipinski definition) is 3. The molecule has 0 spiro atoms. The third kappa shape index (κ3) is 3.06. The maximum Gasteiger partial charge on any atom is 0.265 e. The molecule has 1 amide bonds. The Morgan fingerprint density at radius 1 is 1.64 bits per heavy atom. The molecule has 1 heterocycles. The van der Waals surface area contributed by atoms with Crippen molar-refractivity contribution in [1.29, 1.82) is 0 Å². The Hall–Kier alpha value is -0.420. The number of rotatable bonds is 5. The van der Waals surface area contributed by atoms with Crippen LogP contribution in [0.25, 0.3) is 0 Å². The maximum absolute atomic E-state index is 11.9. The van der Waals surface area contributed by atoms with E-state index >= 15 is 0 Å². The summed E-state index contributed by atoms with van der Waals surface area (Å²) in [7, 11) is 0. The molecule has 0 aromatic carbocycles. The molecule has 1 aromatic heterocycles. The summed E-state index contributed by atoms with van der Waals surface area (Å²) in [5.41, 5.74) is 1.69. The largest absolute Gasteiger partial charge is 0.337 e. The molecule has 0 N–H and O–H groups in total. The van der Waals surface area contributed by atoms with Gasteiger partial charge in [0.05, 0.1) is 11.7 Å². The van der Waals surface area contributed by atoms with Crippen LogP contribution in [0, 0.1) is 0 Å². The summed E-state index contributed by atoms with van der Waals surface area (Å²) >= 11 is 4.74. The van der Waals surface area contributed by atoms with E-state index in [0.29, 0.717) is 0 Å². The van der Waals surface area contributed by atoms with Crippen LogP contribution in [0.4, 0.5) is 0 Å². The van der Waals surface area contributed by atoms with Crippen molar-refractivity contribution in [3.05, 3.63) is 16.6 Å². The molecule has 0 atom stereocenters. The second kappa shape index (κ2) is 6.14. The molecule has 0 aliphatic heterocycles. The summed E-state index contributed by atoms with van der Waals surface area (Å²) < 4.78 is 0. The summed E-state index contributed by atoms with van der Waals surface area (Å²) in [4.78, 5) is 18.3. The van der Waals surface area contributed by atoms with Crippen molar-refractivity contribution >= 4 is 33.2 Å². The Morgan fingerprint density at radius 2 is 2.43 bits per heavy atom. The van der Waals surface area contributed by atoms with Crippen molar-refractivity contribution in [1.82, 2.24) is 9.88 Å². The van der Waals surface area contributed by atoms with Crippen LogP contribution >= 0.6 is 27.3 Å². The fraction of sp³-hybridized carbons (Fsp3) is 0.556. The van der Waals surface area contributed by atoms with Crippen molar-refractivity contribution in [3.63, 3.8) is 0 Å². The number of halogens is 1. The van der Waals surface area contributed by atoms with E-state index in [4.69, 9.17) is 0 Å². The van der Waals surface area contributed by atoms with Gasteiger partial charge in [-0.05, 0) is 6.42 Å². The van der Waals surface area contributed by atoms with Gasteiger partial charge in [0, 0.05) is 18.4 Å². The minimum atomic E-state index is 0.0915. The molecule has 14 heavy (non-hydrogen) atoms. The highest BCUT2D eigenvalue weighted by molar-refractivity contribution is 9.09. The Morgan fingerprint density at radius 3 is 2.93 bits per heavy atom. The average molecular weight is 277 g/mol. The van der Waals surface area contributed by atoms with Crippen molar-refractivity contribution in [3.8, 4) is 0 Å². The number of thiazole rings is 1. The summed E-state index contributed by atoms with van der Waals surface area (Å²) in [6.07, 6.45) is 2.61. The molecule has 0 saturated carbocycles. The van der Waals surface area contributed by atoms with Gasteiger partial charge < -0.3 is 4.90 Å². The predicted octanol–water partition coefficient (Wildman–Crippen LogP) is 2.39. The number of aromatic nitrogens is 1. The number of nitrogens with zero attached hydrogens (tertiary/aromatic N) is 2. The van der Waals surface area contributed by atoms with Gasteiger partial charge >= 0.3 is 0 Å². The fourth-order valence-electron chi connectivity index (χ4n) is 1.16. The Kier molecular flexibility index (Phi) is 5.11. The first-order valence-corrected chi connectivity index (χ1v) is 6.53. The van der Waals surface area contributed by atoms with Crippen LogP contribution in [0.5, 0.6) is 0 Å². The number of carbonyl (C=O) groups is 1. The van der Waals surface area contributed by atoms with Gasteiger partial charge in [0.15, 0.2) is 0 Å². The number of hydrogen-bond donors (Lipinski definition) is 0. The van der Waals surface area contributed by atoms with Gasteiger partial charge in [-0.3, -0.25) is 9.78 Å². The lowest BCUT2D eigenvalue weighted by molar-refractivity contribution is 0.0771. The zero-order valence-corrected chi connectivity index (χ0v) is 10.5. The van der Waals surface area contributed by atoms with E-state index in [1.165, 1.54) is 11.3 Å². The predicted molar refractivity (Wildman–Crippen MR) is 62.1 cm³/mol. The maximum atomic E-state index is 11.9. The van der Waals surface area contributed by atoms with Gasteiger partial charge in [0.1, 0.15) is 4.88 Å². The molecule has 0 fully saturated rings. The average Bonchev–Trinajstić information content (AvgIpc) is 2.69. The number of alkyl halides is 1. The van der Waals surface area contributed by atoms with E-state index in [9.17, 15) is 4.79 Å². The third-order valence-electron chi connectivity index (χ3n) is 1.78. The molecule has 0 aliphatic carbocycles. The topological polar surface area (TPSA) is 33.2 Å². The van der Waals surface area contributed by atoms with Gasteiger partial charge in [-0.1, -0.05) is 22.9 Å². The van der Waals surface area contributed by atoms with E-state index in [1.807, 2.05) is 4.90 Å². The van der Waals surface area contributed by atoms with Crippen LogP contribution in [-0.4, -0.2) is 34.2 Å². The van der Waals surface area contributed by atoms with Gasteiger partial charge in [-0.15, -0.1) is 11.3 Å². The van der Waals surface area contributed by atoms with E-state index in [2.05, 4.69) is 27.8 Å². The van der Waals surface area contributed by atoms with E-state index in [1.54, 1.807) is 11.7 Å².